The lowest BCUT2D eigenvalue weighted by molar-refractivity contribution is -0.116. The van der Waals surface area contributed by atoms with Crippen LogP contribution in [0.15, 0.2) is 24.3 Å². The number of thiazole rings is 1. The molecule has 0 spiro atoms. The van der Waals surface area contributed by atoms with Crippen molar-refractivity contribution in [1.29, 1.82) is 0 Å². The molecule has 0 fully saturated rings. The Hall–Kier alpha value is -2.21. The molecule has 22 heavy (non-hydrogen) atoms. The highest BCUT2D eigenvalue weighted by Gasteiger charge is 2.13. The van der Waals surface area contributed by atoms with Gasteiger partial charge in [-0.3, -0.25) is 9.48 Å². The lowest BCUT2D eigenvalue weighted by atomic mass is 10.2. The van der Waals surface area contributed by atoms with Crippen LogP contribution in [0.3, 0.4) is 0 Å². The number of hydrogen-bond donors (Lipinski definition) is 1. The van der Waals surface area contributed by atoms with Crippen LogP contribution in [0.5, 0.6) is 0 Å². The first-order valence-corrected chi connectivity index (χ1v) is 8.00. The first kappa shape index (κ1) is 14.7. The largest absolute Gasteiger partial charge is 0.323 e. The van der Waals surface area contributed by atoms with Gasteiger partial charge in [0.25, 0.3) is 0 Å². The van der Waals surface area contributed by atoms with Gasteiger partial charge < -0.3 is 5.32 Å². The third-order valence-electron chi connectivity index (χ3n) is 3.68. The van der Waals surface area contributed by atoms with Crippen LogP contribution in [-0.2, 0) is 18.3 Å². The Kier molecular flexibility index (Phi) is 3.94. The summed E-state index contributed by atoms with van der Waals surface area (Å²) in [5.74, 6) is -0.00143. The molecule has 0 aliphatic carbocycles. The van der Waals surface area contributed by atoms with E-state index in [0.29, 0.717) is 12.8 Å². The summed E-state index contributed by atoms with van der Waals surface area (Å²) in [4.78, 5) is 16.7. The smallest absolute Gasteiger partial charge is 0.224 e. The van der Waals surface area contributed by atoms with E-state index in [-0.39, 0.29) is 5.91 Å². The van der Waals surface area contributed by atoms with Gasteiger partial charge in [-0.25, -0.2) is 4.98 Å². The fourth-order valence-corrected chi connectivity index (χ4v) is 3.37. The zero-order valence-corrected chi connectivity index (χ0v) is 13.7. The second kappa shape index (κ2) is 5.88. The Labute approximate surface area is 133 Å². The van der Waals surface area contributed by atoms with E-state index < -0.39 is 0 Å². The minimum Gasteiger partial charge on any atom is -0.323 e. The minimum absolute atomic E-state index is 0.00143. The van der Waals surface area contributed by atoms with Crippen LogP contribution in [0.4, 0.5) is 5.69 Å². The number of carbonyl (C=O) groups is 1. The highest BCUT2D eigenvalue weighted by molar-refractivity contribution is 7.18. The van der Waals surface area contributed by atoms with E-state index in [9.17, 15) is 4.79 Å². The van der Waals surface area contributed by atoms with Crippen molar-refractivity contribution in [3.8, 4) is 0 Å². The van der Waals surface area contributed by atoms with Crippen LogP contribution in [0.25, 0.3) is 10.2 Å². The number of anilines is 1. The molecule has 1 aromatic carbocycles. The van der Waals surface area contributed by atoms with E-state index in [1.165, 1.54) is 0 Å². The maximum absolute atomic E-state index is 12.1. The Balaban J connectivity index is 1.64. The molecule has 2 aromatic heterocycles. The van der Waals surface area contributed by atoms with Crippen LogP contribution in [-0.4, -0.2) is 20.7 Å². The molecule has 1 amide bonds. The average Bonchev–Trinajstić information content (AvgIpc) is 3.01. The zero-order valence-electron chi connectivity index (χ0n) is 12.9. The summed E-state index contributed by atoms with van der Waals surface area (Å²) in [6, 6.07) is 8.04. The van der Waals surface area contributed by atoms with Gasteiger partial charge in [-0.15, -0.1) is 11.3 Å². The number of fused-ring (bicyclic) bond motifs is 1. The van der Waals surface area contributed by atoms with Crippen molar-refractivity contribution in [1.82, 2.24) is 14.8 Å². The number of benzene rings is 1. The van der Waals surface area contributed by atoms with Gasteiger partial charge in [0.1, 0.15) is 0 Å². The number of carbonyl (C=O) groups excluding carboxylic acids is 1. The number of hydrogen-bond acceptors (Lipinski definition) is 4. The third-order valence-corrected chi connectivity index (χ3v) is 4.77. The summed E-state index contributed by atoms with van der Waals surface area (Å²) in [5, 5.41) is 8.26. The van der Waals surface area contributed by atoms with Gasteiger partial charge in [-0.05, 0) is 26.0 Å². The molecule has 0 aliphatic rings. The van der Waals surface area contributed by atoms with E-state index >= 15 is 0 Å². The van der Waals surface area contributed by atoms with Crippen LogP contribution >= 0.6 is 11.3 Å². The number of aryl methyl sites for hydroxylation is 3. The summed E-state index contributed by atoms with van der Waals surface area (Å²) in [6.45, 7) is 3.85. The molecule has 114 valence electrons. The molecule has 3 aromatic rings. The summed E-state index contributed by atoms with van der Waals surface area (Å²) >= 11 is 1.65. The number of aromatic nitrogens is 3. The van der Waals surface area contributed by atoms with Gasteiger partial charge in [0.05, 0.1) is 32.3 Å². The Morgan fingerprint density at radius 3 is 2.77 bits per heavy atom. The van der Waals surface area contributed by atoms with E-state index in [1.807, 2.05) is 39.1 Å². The molecule has 3 rings (SSSR count). The van der Waals surface area contributed by atoms with E-state index in [2.05, 4.69) is 21.5 Å². The first-order chi connectivity index (χ1) is 10.5. The molecule has 6 heteroatoms. The molecule has 0 radical (unpaired) electrons. The molecule has 0 atom stereocenters. The average molecular weight is 314 g/mol. The van der Waals surface area contributed by atoms with Crippen LogP contribution < -0.4 is 5.32 Å². The van der Waals surface area contributed by atoms with Gasteiger partial charge in [-0.2, -0.15) is 5.10 Å². The minimum atomic E-state index is -0.00143. The molecule has 0 bridgehead atoms. The lowest BCUT2D eigenvalue weighted by Crippen LogP contribution is -2.13. The van der Waals surface area contributed by atoms with Crippen molar-refractivity contribution in [3.63, 3.8) is 0 Å². The van der Waals surface area contributed by atoms with Gasteiger partial charge in [0, 0.05) is 19.9 Å². The molecule has 5 nitrogen and oxygen atoms in total. The second-order valence-corrected chi connectivity index (χ2v) is 6.41. The lowest BCUT2D eigenvalue weighted by Gasteiger charge is -2.04. The maximum atomic E-state index is 12.1. The van der Waals surface area contributed by atoms with E-state index in [0.717, 1.165) is 32.3 Å². The number of para-hydroxylation sites is 1. The molecule has 2 heterocycles. The Morgan fingerprint density at radius 1 is 1.32 bits per heavy atom. The monoisotopic (exact) mass is 314 g/mol. The van der Waals surface area contributed by atoms with Gasteiger partial charge in [-0.1, -0.05) is 12.1 Å². The topological polar surface area (TPSA) is 59.8 Å². The molecule has 1 N–H and O–H groups in total. The molecule has 0 saturated heterocycles. The molecule has 0 aliphatic heterocycles. The second-order valence-electron chi connectivity index (χ2n) is 5.29. The predicted molar refractivity (Wildman–Crippen MR) is 89.3 cm³/mol. The summed E-state index contributed by atoms with van der Waals surface area (Å²) in [6.07, 6.45) is 1.08. The fourth-order valence-electron chi connectivity index (χ4n) is 2.40. The summed E-state index contributed by atoms with van der Waals surface area (Å²) in [7, 11) is 1.87. The molecular formula is C16H18N4OS. The van der Waals surface area contributed by atoms with Crippen molar-refractivity contribution in [2.75, 3.05) is 5.32 Å². The standard InChI is InChI=1S/C16H18N4OS/c1-10-16(11(2)20(3)19-10)18-14(21)8-9-15-17-12-6-4-5-7-13(12)22-15/h4-7H,8-9H2,1-3H3,(H,18,21). The first-order valence-electron chi connectivity index (χ1n) is 7.19. The van der Waals surface area contributed by atoms with E-state index in [4.69, 9.17) is 0 Å². The quantitative estimate of drug-likeness (QED) is 0.804. The van der Waals surface area contributed by atoms with Crippen molar-refractivity contribution in [3.05, 3.63) is 40.7 Å². The van der Waals surface area contributed by atoms with E-state index in [1.54, 1.807) is 16.0 Å². The van der Waals surface area contributed by atoms with Crippen molar-refractivity contribution < 1.29 is 4.79 Å². The van der Waals surface area contributed by atoms with Crippen molar-refractivity contribution in [2.45, 2.75) is 26.7 Å². The maximum Gasteiger partial charge on any atom is 0.224 e. The van der Waals surface area contributed by atoms with Crippen LogP contribution in [0.2, 0.25) is 0 Å². The van der Waals surface area contributed by atoms with Crippen LogP contribution in [0.1, 0.15) is 22.8 Å². The summed E-state index contributed by atoms with van der Waals surface area (Å²) < 4.78 is 2.94. The highest BCUT2D eigenvalue weighted by atomic mass is 32.1. The van der Waals surface area contributed by atoms with Gasteiger partial charge >= 0.3 is 0 Å². The van der Waals surface area contributed by atoms with Crippen LogP contribution in [0, 0.1) is 13.8 Å². The third kappa shape index (κ3) is 2.87. The van der Waals surface area contributed by atoms with Gasteiger partial charge in [0.2, 0.25) is 5.91 Å². The number of nitrogens with one attached hydrogen (secondary N) is 1. The Bertz CT molecular complexity index is 801. The predicted octanol–water partition coefficient (Wildman–Crippen LogP) is 3.22. The molecule has 0 saturated carbocycles. The normalized spacial score (nSPS) is 11.0. The SMILES string of the molecule is Cc1nn(C)c(C)c1NC(=O)CCc1nc2ccccc2s1. The fraction of sp³-hybridized carbons (Fsp3) is 0.312. The molecule has 0 unspecified atom stereocenters. The molecular weight excluding hydrogens is 296 g/mol. The van der Waals surface area contributed by atoms with Gasteiger partial charge in [0.15, 0.2) is 0 Å². The van der Waals surface area contributed by atoms with Crippen molar-refractivity contribution in [2.24, 2.45) is 7.05 Å². The number of rotatable bonds is 4. The zero-order chi connectivity index (χ0) is 15.7. The summed E-state index contributed by atoms with van der Waals surface area (Å²) in [5.41, 5.74) is 3.62. The highest BCUT2D eigenvalue weighted by Crippen LogP contribution is 2.23. The number of nitrogens with zero attached hydrogens (tertiary/aromatic N) is 3. The number of amides is 1. The van der Waals surface area contributed by atoms with Crippen molar-refractivity contribution >= 4 is 33.1 Å². The Morgan fingerprint density at radius 2 is 2.09 bits per heavy atom.